The fourth-order valence-electron chi connectivity index (χ4n) is 2.28. The van der Waals surface area contributed by atoms with Gasteiger partial charge in [0.15, 0.2) is 0 Å². The maximum absolute atomic E-state index is 10.8. The molecule has 0 aromatic heterocycles. The third-order valence-electron chi connectivity index (χ3n) is 3.86. The van der Waals surface area contributed by atoms with Gasteiger partial charge < -0.3 is 9.84 Å². The topological polar surface area (TPSA) is 29.5 Å². The average Bonchev–Trinajstić information content (AvgIpc) is 3.24. The third-order valence-corrected chi connectivity index (χ3v) is 3.86. The molecule has 2 aromatic carbocycles. The van der Waals surface area contributed by atoms with Crippen molar-refractivity contribution in [2.45, 2.75) is 38.4 Å². The number of benzene rings is 2. The highest BCUT2D eigenvalue weighted by Crippen LogP contribution is 2.32. The predicted octanol–water partition coefficient (Wildman–Crippen LogP) is 3.79. The van der Waals surface area contributed by atoms with E-state index in [1.165, 1.54) is 5.56 Å². The standard InChI is InChI=1S/C18H20O2/c1-13-3-5-14(6-4-13)18(2,19)15-7-9-16(10-8-15)20-17-11-12-17/h3-10,17,19H,11-12H2,1-2H3. The lowest BCUT2D eigenvalue weighted by molar-refractivity contribution is 0.102. The summed E-state index contributed by atoms with van der Waals surface area (Å²) in [4.78, 5) is 0. The normalized spacial score (nSPS) is 17.6. The Bertz CT molecular complexity index is 578. The molecule has 1 unspecified atom stereocenters. The largest absolute Gasteiger partial charge is 0.490 e. The first-order chi connectivity index (χ1) is 9.55. The average molecular weight is 268 g/mol. The van der Waals surface area contributed by atoms with Gasteiger partial charge in [0.2, 0.25) is 0 Å². The first-order valence-corrected chi connectivity index (χ1v) is 7.12. The van der Waals surface area contributed by atoms with E-state index in [2.05, 4.69) is 0 Å². The van der Waals surface area contributed by atoms with E-state index in [1.807, 2.05) is 62.4 Å². The van der Waals surface area contributed by atoms with Crippen molar-refractivity contribution in [2.75, 3.05) is 0 Å². The van der Waals surface area contributed by atoms with E-state index in [4.69, 9.17) is 4.74 Å². The third kappa shape index (κ3) is 2.70. The highest BCUT2D eigenvalue weighted by atomic mass is 16.5. The first kappa shape index (κ1) is 13.2. The molecule has 1 fully saturated rings. The monoisotopic (exact) mass is 268 g/mol. The van der Waals surface area contributed by atoms with Crippen LogP contribution in [0.2, 0.25) is 0 Å². The van der Waals surface area contributed by atoms with Crippen molar-refractivity contribution in [2.24, 2.45) is 0 Å². The second kappa shape index (κ2) is 4.95. The van der Waals surface area contributed by atoms with Gasteiger partial charge in [-0.1, -0.05) is 42.0 Å². The molecule has 104 valence electrons. The van der Waals surface area contributed by atoms with Crippen molar-refractivity contribution in [1.82, 2.24) is 0 Å². The number of rotatable bonds is 4. The highest BCUT2D eigenvalue weighted by Gasteiger charge is 2.26. The van der Waals surface area contributed by atoms with E-state index in [-0.39, 0.29) is 0 Å². The number of hydrogen-bond donors (Lipinski definition) is 1. The van der Waals surface area contributed by atoms with Gasteiger partial charge in [0.1, 0.15) is 11.4 Å². The number of ether oxygens (including phenoxy) is 1. The van der Waals surface area contributed by atoms with Gasteiger partial charge in [-0.2, -0.15) is 0 Å². The second-order valence-corrected chi connectivity index (χ2v) is 5.78. The Labute approximate surface area is 120 Å². The number of hydrogen-bond acceptors (Lipinski definition) is 2. The van der Waals surface area contributed by atoms with Gasteiger partial charge in [0, 0.05) is 0 Å². The van der Waals surface area contributed by atoms with Crippen LogP contribution in [0.4, 0.5) is 0 Å². The summed E-state index contributed by atoms with van der Waals surface area (Å²) in [5, 5.41) is 10.8. The van der Waals surface area contributed by atoms with Gasteiger partial charge in [0.05, 0.1) is 6.10 Å². The van der Waals surface area contributed by atoms with Crippen LogP contribution < -0.4 is 4.74 Å². The Morgan fingerprint density at radius 2 is 1.45 bits per heavy atom. The molecule has 1 atom stereocenters. The molecule has 0 saturated heterocycles. The Kier molecular flexibility index (Phi) is 3.27. The van der Waals surface area contributed by atoms with Crippen molar-refractivity contribution in [3.63, 3.8) is 0 Å². The lowest BCUT2D eigenvalue weighted by Gasteiger charge is -2.25. The molecule has 3 rings (SSSR count). The van der Waals surface area contributed by atoms with Crippen LogP contribution in [0, 0.1) is 6.92 Å². The molecule has 0 amide bonds. The van der Waals surface area contributed by atoms with Crippen LogP contribution in [0.25, 0.3) is 0 Å². The van der Waals surface area contributed by atoms with Crippen LogP contribution in [0.1, 0.15) is 36.5 Å². The van der Waals surface area contributed by atoms with E-state index in [0.29, 0.717) is 6.10 Å². The summed E-state index contributed by atoms with van der Waals surface area (Å²) >= 11 is 0. The zero-order valence-electron chi connectivity index (χ0n) is 12.0. The molecule has 1 aliphatic rings. The molecule has 1 saturated carbocycles. The molecular weight excluding hydrogens is 248 g/mol. The minimum absolute atomic E-state index is 0.401. The van der Waals surface area contributed by atoms with Crippen molar-refractivity contribution in [3.8, 4) is 5.75 Å². The van der Waals surface area contributed by atoms with E-state index >= 15 is 0 Å². The van der Waals surface area contributed by atoms with Gasteiger partial charge in [-0.25, -0.2) is 0 Å². The Morgan fingerprint density at radius 3 is 1.95 bits per heavy atom. The summed E-state index contributed by atoms with van der Waals surface area (Å²) in [6.45, 7) is 3.87. The fraction of sp³-hybridized carbons (Fsp3) is 0.333. The summed E-state index contributed by atoms with van der Waals surface area (Å²) in [5.41, 5.74) is 1.99. The van der Waals surface area contributed by atoms with E-state index in [0.717, 1.165) is 29.7 Å². The Morgan fingerprint density at radius 1 is 0.950 bits per heavy atom. The molecular formula is C18H20O2. The molecule has 1 aliphatic carbocycles. The maximum atomic E-state index is 10.8. The summed E-state index contributed by atoms with van der Waals surface area (Å²) in [5.74, 6) is 0.885. The molecule has 0 radical (unpaired) electrons. The minimum Gasteiger partial charge on any atom is -0.490 e. The molecule has 20 heavy (non-hydrogen) atoms. The highest BCUT2D eigenvalue weighted by molar-refractivity contribution is 5.39. The number of aliphatic hydroxyl groups is 1. The quantitative estimate of drug-likeness (QED) is 0.914. The summed E-state index contributed by atoms with van der Waals surface area (Å²) in [7, 11) is 0. The van der Waals surface area contributed by atoms with Gasteiger partial charge >= 0.3 is 0 Å². The van der Waals surface area contributed by atoms with E-state index < -0.39 is 5.60 Å². The van der Waals surface area contributed by atoms with Crippen LogP contribution in [0.15, 0.2) is 48.5 Å². The molecule has 1 N–H and O–H groups in total. The Hall–Kier alpha value is -1.80. The molecule has 2 aromatic rings. The molecule has 0 aliphatic heterocycles. The SMILES string of the molecule is Cc1ccc(C(C)(O)c2ccc(OC3CC3)cc2)cc1. The zero-order valence-corrected chi connectivity index (χ0v) is 12.0. The van der Waals surface area contributed by atoms with Crippen LogP contribution >= 0.6 is 0 Å². The minimum atomic E-state index is -0.980. The Balaban J connectivity index is 1.83. The molecule has 0 bridgehead atoms. The van der Waals surface area contributed by atoms with Crippen molar-refractivity contribution < 1.29 is 9.84 Å². The van der Waals surface area contributed by atoms with Crippen LogP contribution in [0.3, 0.4) is 0 Å². The lowest BCUT2D eigenvalue weighted by Crippen LogP contribution is -2.22. The predicted molar refractivity (Wildman–Crippen MR) is 79.9 cm³/mol. The maximum Gasteiger partial charge on any atom is 0.119 e. The van der Waals surface area contributed by atoms with Gasteiger partial charge in [-0.15, -0.1) is 0 Å². The zero-order chi connectivity index (χ0) is 14.2. The van der Waals surface area contributed by atoms with Crippen molar-refractivity contribution >= 4 is 0 Å². The first-order valence-electron chi connectivity index (χ1n) is 7.12. The smallest absolute Gasteiger partial charge is 0.119 e. The van der Waals surface area contributed by atoms with Gasteiger partial charge in [0.25, 0.3) is 0 Å². The van der Waals surface area contributed by atoms with Crippen LogP contribution in [-0.2, 0) is 5.60 Å². The van der Waals surface area contributed by atoms with Gasteiger partial charge in [-0.3, -0.25) is 0 Å². The van der Waals surface area contributed by atoms with Crippen LogP contribution in [-0.4, -0.2) is 11.2 Å². The summed E-state index contributed by atoms with van der Waals surface area (Å²) < 4.78 is 5.73. The molecule has 0 spiro atoms. The molecule has 2 nitrogen and oxygen atoms in total. The second-order valence-electron chi connectivity index (χ2n) is 5.78. The van der Waals surface area contributed by atoms with Crippen molar-refractivity contribution in [3.05, 3.63) is 65.2 Å². The summed E-state index contributed by atoms with van der Waals surface area (Å²) in [6.07, 6.45) is 2.71. The van der Waals surface area contributed by atoms with Gasteiger partial charge in [-0.05, 0) is 49.9 Å². The fourth-order valence-corrected chi connectivity index (χ4v) is 2.28. The van der Waals surface area contributed by atoms with E-state index in [1.54, 1.807) is 0 Å². The number of aryl methyl sites for hydroxylation is 1. The van der Waals surface area contributed by atoms with E-state index in [9.17, 15) is 5.11 Å². The lowest BCUT2D eigenvalue weighted by atomic mass is 9.88. The summed E-state index contributed by atoms with van der Waals surface area (Å²) in [6, 6.07) is 15.8. The van der Waals surface area contributed by atoms with Crippen molar-refractivity contribution in [1.29, 1.82) is 0 Å². The van der Waals surface area contributed by atoms with Crippen LogP contribution in [0.5, 0.6) is 5.75 Å². The molecule has 0 heterocycles. The molecule has 2 heteroatoms.